The number of carboxylic acids is 1. The van der Waals surface area contributed by atoms with Crippen LogP contribution in [-0.4, -0.2) is 23.0 Å². The fourth-order valence-electron chi connectivity index (χ4n) is 5.77. The molecule has 1 amide bonds. The normalized spacial score (nSPS) is 29.3. The van der Waals surface area contributed by atoms with Gasteiger partial charge in [0.1, 0.15) is 4.88 Å². The molecule has 1 aromatic heterocycles. The van der Waals surface area contributed by atoms with E-state index in [2.05, 4.69) is 19.9 Å². The van der Waals surface area contributed by atoms with Gasteiger partial charge in [0, 0.05) is 16.8 Å². The molecule has 0 saturated heterocycles. The molecule has 1 aromatic rings. The summed E-state index contributed by atoms with van der Waals surface area (Å²) in [5.41, 5.74) is 1.93. The predicted molar refractivity (Wildman–Crippen MR) is 128 cm³/mol. The molecule has 4 rings (SSSR count). The molecule has 170 valence electrons. The minimum Gasteiger partial charge on any atom is -0.477 e. The van der Waals surface area contributed by atoms with Crippen LogP contribution in [0.5, 0.6) is 0 Å². The molecule has 1 heterocycles. The van der Waals surface area contributed by atoms with E-state index < -0.39 is 5.97 Å². The highest BCUT2D eigenvalue weighted by atomic mass is 32.1. The monoisotopic (exact) mass is 443 g/mol. The maximum atomic E-state index is 13.9. The van der Waals surface area contributed by atoms with Gasteiger partial charge in [-0.2, -0.15) is 0 Å². The minimum atomic E-state index is -0.901. The standard InChI is InChI=1S/C26H37NO3S/c1-17-11-13-20(14-12-17)25(28)27(21-10-6-7-18(2)15-21)22-16-23(31-24(22)26(29)30)19-8-4-3-5-9-19/h8,16-18,20-21H,3-7,9-15H2,1-2H3,(H,29,30). The average Bonchev–Trinajstić information content (AvgIpc) is 3.20. The molecule has 1 N–H and O–H groups in total. The Morgan fingerprint density at radius 1 is 1.00 bits per heavy atom. The smallest absolute Gasteiger partial charge is 0.348 e. The van der Waals surface area contributed by atoms with E-state index in [9.17, 15) is 14.7 Å². The van der Waals surface area contributed by atoms with Crippen LogP contribution in [0.4, 0.5) is 5.69 Å². The second-order valence-electron chi connectivity index (χ2n) is 10.2. The first-order valence-electron chi connectivity index (χ1n) is 12.3. The topological polar surface area (TPSA) is 57.6 Å². The molecule has 2 atom stereocenters. The number of hydrogen-bond acceptors (Lipinski definition) is 3. The van der Waals surface area contributed by atoms with Gasteiger partial charge in [0.15, 0.2) is 0 Å². The summed E-state index contributed by atoms with van der Waals surface area (Å²) in [6.45, 7) is 4.54. The molecule has 3 aliphatic carbocycles. The Bertz CT molecular complexity index is 834. The van der Waals surface area contributed by atoms with Gasteiger partial charge in [-0.05, 0) is 87.7 Å². The van der Waals surface area contributed by atoms with Gasteiger partial charge in [0.2, 0.25) is 5.91 Å². The Morgan fingerprint density at radius 2 is 1.77 bits per heavy atom. The number of hydrogen-bond donors (Lipinski definition) is 1. The van der Waals surface area contributed by atoms with Gasteiger partial charge >= 0.3 is 5.97 Å². The number of nitrogens with zero attached hydrogens (tertiary/aromatic N) is 1. The number of carbonyl (C=O) groups excluding carboxylic acids is 1. The van der Waals surface area contributed by atoms with Gasteiger partial charge in [-0.15, -0.1) is 11.3 Å². The maximum Gasteiger partial charge on any atom is 0.348 e. The van der Waals surface area contributed by atoms with Crippen molar-refractivity contribution >= 4 is 34.5 Å². The second-order valence-corrected chi connectivity index (χ2v) is 11.2. The summed E-state index contributed by atoms with van der Waals surface area (Å²) < 4.78 is 0. The molecule has 0 bridgehead atoms. The molecule has 3 aliphatic rings. The number of allylic oxidation sites excluding steroid dienone is 2. The van der Waals surface area contributed by atoms with Crippen molar-refractivity contribution in [1.29, 1.82) is 0 Å². The van der Waals surface area contributed by atoms with Crippen LogP contribution in [0.15, 0.2) is 12.1 Å². The number of carboxylic acid groups (broad SMARTS) is 1. The number of aromatic carboxylic acids is 1. The SMILES string of the molecule is CC1CCC(C(=O)N(c2cc(C3=CCCCC3)sc2C(=O)O)C2CCCC(C)C2)CC1. The van der Waals surface area contributed by atoms with E-state index in [1.165, 1.54) is 29.8 Å². The Morgan fingerprint density at radius 3 is 2.42 bits per heavy atom. The largest absolute Gasteiger partial charge is 0.477 e. The molecule has 31 heavy (non-hydrogen) atoms. The number of rotatable bonds is 5. The summed E-state index contributed by atoms with van der Waals surface area (Å²) >= 11 is 1.37. The number of carbonyl (C=O) groups is 2. The summed E-state index contributed by atoms with van der Waals surface area (Å²) in [5.74, 6) is 0.574. The summed E-state index contributed by atoms with van der Waals surface area (Å²) in [5, 5.41) is 10.1. The zero-order chi connectivity index (χ0) is 22.0. The van der Waals surface area contributed by atoms with Gasteiger partial charge in [-0.3, -0.25) is 4.79 Å². The van der Waals surface area contributed by atoms with Gasteiger partial charge in [-0.1, -0.05) is 32.8 Å². The Hall–Kier alpha value is -1.62. The Kier molecular flexibility index (Phi) is 7.20. The molecule has 2 saturated carbocycles. The molecular formula is C26H37NO3S. The fraction of sp³-hybridized carbons (Fsp3) is 0.692. The molecule has 0 aliphatic heterocycles. The van der Waals surface area contributed by atoms with E-state index in [0.717, 1.165) is 69.1 Å². The van der Waals surface area contributed by atoms with Crippen molar-refractivity contribution in [3.63, 3.8) is 0 Å². The first-order chi connectivity index (χ1) is 14.9. The van der Waals surface area contributed by atoms with Crippen LogP contribution < -0.4 is 4.90 Å². The first-order valence-corrected chi connectivity index (χ1v) is 13.1. The lowest BCUT2D eigenvalue weighted by Gasteiger charge is -2.39. The van der Waals surface area contributed by atoms with E-state index in [4.69, 9.17) is 0 Å². The third-order valence-corrected chi connectivity index (χ3v) is 8.84. The Balaban J connectivity index is 1.71. The van der Waals surface area contributed by atoms with E-state index >= 15 is 0 Å². The Labute approximate surface area is 190 Å². The maximum absolute atomic E-state index is 13.9. The second kappa shape index (κ2) is 9.89. The van der Waals surface area contributed by atoms with E-state index in [1.807, 2.05) is 11.0 Å². The van der Waals surface area contributed by atoms with Gasteiger partial charge < -0.3 is 10.0 Å². The molecule has 0 aromatic carbocycles. The van der Waals surface area contributed by atoms with Crippen LogP contribution in [0, 0.1) is 17.8 Å². The number of anilines is 1. The zero-order valence-corrected chi connectivity index (χ0v) is 19.9. The lowest BCUT2D eigenvalue weighted by Crippen LogP contribution is -2.46. The van der Waals surface area contributed by atoms with Gasteiger partial charge in [-0.25, -0.2) is 4.79 Å². The molecular weight excluding hydrogens is 406 g/mol. The van der Waals surface area contributed by atoms with Crippen molar-refractivity contribution in [3.05, 3.63) is 21.9 Å². The average molecular weight is 444 g/mol. The van der Waals surface area contributed by atoms with Crippen LogP contribution in [0.25, 0.3) is 5.57 Å². The van der Waals surface area contributed by atoms with E-state index in [0.29, 0.717) is 22.4 Å². The van der Waals surface area contributed by atoms with Crippen LogP contribution >= 0.6 is 11.3 Å². The summed E-state index contributed by atoms with van der Waals surface area (Å²) in [4.78, 5) is 29.5. The van der Waals surface area contributed by atoms with Crippen LogP contribution in [0.2, 0.25) is 0 Å². The van der Waals surface area contributed by atoms with Crippen molar-refractivity contribution < 1.29 is 14.7 Å². The molecule has 4 nitrogen and oxygen atoms in total. The van der Waals surface area contributed by atoms with E-state index in [-0.39, 0.29) is 17.9 Å². The highest BCUT2D eigenvalue weighted by Gasteiger charge is 2.37. The third-order valence-electron chi connectivity index (χ3n) is 7.65. The lowest BCUT2D eigenvalue weighted by atomic mass is 9.81. The fourth-order valence-corrected chi connectivity index (χ4v) is 6.83. The van der Waals surface area contributed by atoms with Crippen molar-refractivity contribution in [1.82, 2.24) is 0 Å². The highest BCUT2D eigenvalue weighted by molar-refractivity contribution is 7.15. The molecule has 0 radical (unpaired) electrons. The van der Waals surface area contributed by atoms with Crippen LogP contribution in [0.1, 0.15) is 105 Å². The zero-order valence-electron chi connectivity index (χ0n) is 19.1. The number of amides is 1. The van der Waals surface area contributed by atoms with Crippen molar-refractivity contribution in [2.24, 2.45) is 17.8 Å². The van der Waals surface area contributed by atoms with Crippen LogP contribution in [0.3, 0.4) is 0 Å². The summed E-state index contributed by atoms with van der Waals surface area (Å²) in [7, 11) is 0. The molecule has 2 fully saturated rings. The van der Waals surface area contributed by atoms with Gasteiger partial charge in [0.05, 0.1) is 5.69 Å². The number of thiophene rings is 1. The lowest BCUT2D eigenvalue weighted by molar-refractivity contribution is -0.124. The molecule has 5 heteroatoms. The van der Waals surface area contributed by atoms with Crippen molar-refractivity contribution in [2.45, 2.75) is 96.9 Å². The summed E-state index contributed by atoms with van der Waals surface area (Å²) in [6.07, 6.45) is 15.0. The first kappa shape index (κ1) is 22.6. The predicted octanol–water partition coefficient (Wildman–Crippen LogP) is 7.14. The highest BCUT2D eigenvalue weighted by Crippen LogP contribution is 2.42. The quantitative estimate of drug-likeness (QED) is 0.526. The molecule has 0 spiro atoms. The molecule has 2 unspecified atom stereocenters. The van der Waals surface area contributed by atoms with Crippen molar-refractivity contribution in [3.8, 4) is 0 Å². The third kappa shape index (κ3) is 5.08. The van der Waals surface area contributed by atoms with E-state index in [1.54, 1.807) is 0 Å². The van der Waals surface area contributed by atoms with Gasteiger partial charge in [0.25, 0.3) is 0 Å². The van der Waals surface area contributed by atoms with Crippen molar-refractivity contribution in [2.75, 3.05) is 4.90 Å². The minimum absolute atomic E-state index is 0.0346. The summed E-state index contributed by atoms with van der Waals surface area (Å²) in [6, 6.07) is 2.16. The van der Waals surface area contributed by atoms with Crippen LogP contribution in [-0.2, 0) is 4.79 Å².